The molecular weight excluding hydrogens is 469 g/mol. The molecule has 0 saturated carbocycles. The minimum absolute atomic E-state index is 0.0340. The number of alkyl carbamates (subject to hydrolysis) is 1. The van der Waals surface area contributed by atoms with Crippen molar-refractivity contribution in [2.24, 2.45) is 0 Å². The van der Waals surface area contributed by atoms with Crippen LogP contribution in [-0.4, -0.2) is 36.0 Å². The summed E-state index contributed by atoms with van der Waals surface area (Å²) in [6.45, 7) is 5.05. The number of esters is 1. The highest BCUT2D eigenvalue weighted by atomic mass is 19.4. The molecule has 0 aliphatic rings. The second-order valence-electron chi connectivity index (χ2n) is 8.45. The van der Waals surface area contributed by atoms with Gasteiger partial charge in [0, 0.05) is 12.1 Å². The van der Waals surface area contributed by atoms with Crippen LogP contribution in [0.5, 0.6) is 5.75 Å². The normalized spacial score (nSPS) is 12.3. The van der Waals surface area contributed by atoms with Crippen molar-refractivity contribution in [1.82, 2.24) is 5.32 Å². The van der Waals surface area contributed by atoms with Gasteiger partial charge in [-0.05, 0) is 57.0 Å². The van der Waals surface area contributed by atoms with Crippen molar-refractivity contribution in [2.45, 2.75) is 58.2 Å². The summed E-state index contributed by atoms with van der Waals surface area (Å²) in [6.07, 6.45) is -6.00. The van der Waals surface area contributed by atoms with Crippen molar-refractivity contribution in [3.63, 3.8) is 0 Å². The lowest BCUT2D eigenvalue weighted by Gasteiger charge is -2.21. The Kier molecular flexibility index (Phi) is 9.50. The van der Waals surface area contributed by atoms with E-state index in [4.69, 9.17) is 9.47 Å². The van der Waals surface area contributed by atoms with Gasteiger partial charge in [0.15, 0.2) is 0 Å². The number of hydrogen-bond donors (Lipinski definition) is 2. The van der Waals surface area contributed by atoms with E-state index in [1.54, 1.807) is 45.0 Å². The summed E-state index contributed by atoms with van der Waals surface area (Å²) >= 11 is 0. The Morgan fingerprint density at radius 2 is 1.57 bits per heavy atom. The van der Waals surface area contributed by atoms with Crippen molar-refractivity contribution in [3.05, 3.63) is 60.2 Å². The maximum atomic E-state index is 12.8. The first-order valence-electron chi connectivity index (χ1n) is 10.7. The van der Waals surface area contributed by atoms with Crippen LogP contribution >= 0.6 is 0 Å². The van der Waals surface area contributed by atoms with Crippen LogP contribution in [-0.2, 0) is 25.7 Å². The Balaban J connectivity index is 2.02. The van der Waals surface area contributed by atoms with Gasteiger partial charge in [0.25, 0.3) is 0 Å². The molecule has 0 aliphatic heterocycles. The second-order valence-corrected chi connectivity index (χ2v) is 8.45. The maximum Gasteiger partial charge on any atom is 0.573 e. The summed E-state index contributed by atoms with van der Waals surface area (Å²) < 4.78 is 51.1. The first kappa shape index (κ1) is 27.5. The highest BCUT2D eigenvalue weighted by Crippen LogP contribution is 2.24. The number of carbonyl (C=O) groups excluding carboxylic acids is 3. The van der Waals surface area contributed by atoms with Crippen LogP contribution in [0.25, 0.3) is 0 Å². The Bertz CT molecular complexity index is 989. The minimum atomic E-state index is -4.85. The third-order valence-electron chi connectivity index (χ3n) is 4.23. The average molecular weight is 496 g/mol. The smallest absolute Gasteiger partial charge is 0.460 e. The van der Waals surface area contributed by atoms with Crippen LogP contribution in [0.3, 0.4) is 0 Å². The summed E-state index contributed by atoms with van der Waals surface area (Å²) in [7, 11) is 0. The van der Waals surface area contributed by atoms with Gasteiger partial charge in [-0.2, -0.15) is 0 Å². The lowest BCUT2D eigenvalue weighted by molar-refractivity contribution is -0.274. The molecule has 0 heterocycles. The highest BCUT2D eigenvalue weighted by Gasteiger charge is 2.31. The molecule has 0 aromatic heterocycles. The fourth-order valence-electron chi connectivity index (χ4n) is 2.80. The molecule has 0 saturated heterocycles. The molecule has 1 atom stereocenters. The van der Waals surface area contributed by atoms with Crippen molar-refractivity contribution in [1.29, 1.82) is 0 Å². The van der Waals surface area contributed by atoms with Gasteiger partial charge in [-0.25, -0.2) is 4.79 Å². The van der Waals surface area contributed by atoms with E-state index in [0.717, 1.165) is 17.7 Å². The van der Waals surface area contributed by atoms with Crippen LogP contribution in [0.15, 0.2) is 54.6 Å². The molecule has 35 heavy (non-hydrogen) atoms. The highest BCUT2D eigenvalue weighted by molar-refractivity contribution is 5.96. The molecule has 0 radical (unpaired) electrons. The van der Waals surface area contributed by atoms with E-state index in [-0.39, 0.29) is 25.1 Å². The van der Waals surface area contributed by atoms with E-state index in [9.17, 15) is 27.6 Å². The molecule has 8 nitrogen and oxygen atoms in total. The van der Waals surface area contributed by atoms with Crippen LogP contribution < -0.4 is 15.4 Å². The number of rotatable bonds is 9. The largest absolute Gasteiger partial charge is 0.573 e. The third kappa shape index (κ3) is 11.3. The number of hydrogen-bond acceptors (Lipinski definition) is 6. The summed E-state index contributed by atoms with van der Waals surface area (Å²) in [5.41, 5.74) is 0.168. The van der Waals surface area contributed by atoms with Crippen molar-refractivity contribution < 1.29 is 41.8 Å². The fraction of sp³-hybridized carbons (Fsp3) is 0.375. The van der Waals surface area contributed by atoms with Crippen LogP contribution in [0.2, 0.25) is 0 Å². The van der Waals surface area contributed by atoms with Gasteiger partial charge in [-0.15, -0.1) is 13.2 Å². The van der Waals surface area contributed by atoms with Gasteiger partial charge in [-0.3, -0.25) is 9.59 Å². The van der Waals surface area contributed by atoms with Crippen molar-refractivity contribution in [2.75, 3.05) is 5.32 Å². The lowest BCUT2D eigenvalue weighted by atomic mass is 10.1. The first-order valence-corrected chi connectivity index (χ1v) is 10.7. The van der Waals surface area contributed by atoms with E-state index >= 15 is 0 Å². The Morgan fingerprint density at radius 1 is 0.943 bits per heavy atom. The Labute approximate surface area is 200 Å². The number of ether oxygens (including phenoxy) is 3. The topological polar surface area (TPSA) is 103 Å². The second kappa shape index (κ2) is 12.1. The van der Waals surface area contributed by atoms with Gasteiger partial charge in [-0.1, -0.05) is 30.3 Å². The number of nitrogens with one attached hydrogen (secondary N) is 2. The van der Waals surface area contributed by atoms with Crippen LogP contribution in [0.1, 0.15) is 39.2 Å². The fourth-order valence-corrected chi connectivity index (χ4v) is 2.80. The molecule has 11 heteroatoms. The molecule has 2 amide bonds. The van der Waals surface area contributed by atoms with Gasteiger partial charge >= 0.3 is 18.4 Å². The predicted molar refractivity (Wildman–Crippen MR) is 120 cm³/mol. The van der Waals surface area contributed by atoms with Crippen molar-refractivity contribution >= 4 is 23.7 Å². The molecule has 0 spiro atoms. The molecule has 2 N–H and O–H groups in total. The summed E-state index contributed by atoms with van der Waals surface area (Å²) in [5, 5.41) is 4.90. The number of anilines is 1. The van der Waals surface area contributed by atoms with E-state index in [0.29, 0.717) is 0 Å². The molecule has 2 rings (SSSR count). The Morgan fingerprint density at radius 3 is 2.14 bits per heavy atom. The molecule has 0 unspecified atom stereocenters. The van der Waals surface area contributed by atoms with Crippen molar-refractivity contribution in [3.8, 4) is 5.75 Å². The molecule has 0 fully saturated rings. The molecule has 190 valence electrons. The van der Waals surface area contributed by atoms with Gasteiger partial charge in [0.2, 0.25) is 5.91 Å². The lowest BCUT2D eigenvalue weighted by Crippen LogP contribution is -2.44. The summed E-state index contributed by atoms with van der Waals surface area (Å²) in [6, 6.07) is 12.2. The third-order valence-corrected chi connectivity index (χ3v) is 4.23. The molecule has 2 aromatic carbocycles. The molecule has 0 bridgehead atoms. The van der Waals surface area contributed by atoms with E-state index < -0.39 is 41.7 Å². The number of carbonyl (C=O) groups is 3. The van der Waals surface area contributed by atoms with Crippen LogP contribution in [0, 0.1) is 0 Å². The van der Waals surface area contributed by atoms with Gasteiger partial charge in [0.1, 0.15) is 24.0 Å². The maximum absolute atomic E-state index is 12.8. The quantitative estimate of drug-likeness (QED) is 0.477. The Hall–Kier alpha value is -3.76. The standard InChI is InChI=1S/C24H27F3N2O6/c1-23(2,3)35-20(30)14-13-19(29-22(32)33-15-16-7-5-4-6-8-16)21(31)28-17-9-11-18(12-10-17)34-24(25,26)27/h4-12,19H,13-15H2,1-3H3,(H,28,31)(H,29,32)/t19-/m0/s1. The van der Waals surface area contributed by atoms with E-state index in [1.165, 1.54) is 12.1 Å². The van der Waals surface area contributed by atoms with Gasteiger partial charge in [0.05, 0.1) is 0 Å². The number of halogens is 3. The summed E-state index contributed by atoms with van der Waals surface area (Å²) in [5.74, 6) is -1.72. The SMILES string of the molecule is CC(C)(C)OC(=O)CC[C@H](NC(=O)OCc1ccccc1)C(=O)Nc1ccc(OC(F)(F)F)cc1. The van der Waals surface area contributed by atoms with E-state index in [2.05, 4.69) is 15.4 Å². The summed E-state index contributed by atoms with van der Waals surface area (Å²) in [4.78, 5) is 37.2. The number of benzene rings is 2. The van der Waals surface area contributed by atoms with E-state index in [1.807, 2.05) is 6.07 Å². The molecule has 2 aromatic rings. The minimum Gasteiger partial charge on any atom is -0.460 e. The first-order chi connectivity index (χ1) is 16.3. The monoisotopic (exact) mass is 496 g/mol. The molecular formula is C24H27F3N2O6. The van der Waals surface area contributed by atoms with Crippen LogP contribution in [0.4, 0.5) is 23.7 Å². The van der Waals surface area contributed by atoms with Gasteiger partial charge < -0.3 is 24.8 Å². The zero-order valence-electron chi connectivity index (χ0n) is 19.5. The zero-order valence-corrected chi connectivity index (χ0v) is 19.5. The predicted octanol–water partition coefficient (Wildman–Crippen LogP) is 4.94. The average Bonchev–Trinajstić information content (AvgIpc) is 2.75. The number of amides is 2. The number of alkyl halides is 3. The zero-order chi connectivity index (χ0) is 26.1. The molecule has 0 aliphatic carbocycles.